The summed E-state index contributed by atoms with van der Waals surface area (Å²) < 4.78 is 13.5. The molecule has 0 aliphatic rings. The van der Waals surface area contributed by atoms with E-state index in [0.717, 1.165) is 12.8 Å². The molecule has 0 saturated heterocycles. The Bertz CT molecular complexity index is 525. The van der Waals surface area contributed by atoms with E-state index in [4.69, 9.17) is 5.73 Å². The van der Waals surface area contributed by atoms with Crippen LogP contribution in [0.5, 0.6) is 0 Å². The number of hydrogen-bond acceptors (Lipinski definition) is 2. The summed E-state index contributed by atoms with van der Waals surface area (Å²) >= 11 is 0. The molecule has 18 heavy (non-hydrogen) atoms. The molecule has 1 heterocycles. The Morgan fingerprint density at radius 1 is 1.28 bits per heavy atom. The molecule has 0 bridgehead atoms. The molecule has 1 atom stereocenters. The second kappa shape index (κ2) is 5.74. The maximum atomic E-state index is 13.5. The number of pyridine rings is 1. The minimum atomic E-state index is -0.324. The van der Waals surface area contributed by atoms with Crippen LogP contribution in [0.25, 0.3) is 0 Å². The molecule has 0 fully saturated rings. The van der Waals surface area contributed by atoms with Gasteiger partial charge in [-0.25, -0.2) is 4.39 Å². The van der Waals surface area contributed by atoms with Crippen molar-refractivity contribution in [2.24, 2.45) is 5.73 Å². The van der Waals surface area contributed by atoms with E-state index < -0.39 is 0 Å². The molecular weight excluding hydrogens is 227 g/mol. The summed E-state index contributed by atoms with van der Waals surface area (Å²) in [5.41, 5.74) is 9.08. The van der Waals surface area contributed by atoms with Crippen molar-refractivity contribution in [3.63, 3.8) is 0 Å². The minimum absolute atomic E-state index is 0.285. The molecule has 0 spiro atoms. The Balaban J connectivity index is 2.03. The number of halogens is 1. The fourth-order valence-corrected chi connectivity index (χ4v) is 2.04. The number of rotatable bonds is 4. The van der Waals surface area contributed by atoms with Gasteiger partial charge in [-0.05, 0) is 37.0 Å². The summed E-state index contributed by atoms with van der Waals surface area (Å²) in [6, 6.07) is 9.56. The Labute approximate surface area is 107 Å². The van der Waals surface area contributed by atoms with Crippen LogP contribution >= 0.6 is 0 Å². The van der Waals surface area contributed by atoms with Gasteiger partial charge in [0.05, 0.1) is 6.20 Å². The van der Waals surface area contributed by atoms with Gasteiger partial charge < -0.3 is 5.73 Å². The largest absolute Gasteiger partial charge is 0.324 e. The number of benzene rings is 1. The van der Waals surface area contributed by atoms with Crippen LogP contribution in [0.4, 0.5) is 4.39 Å². The molecule has 2 N–H and O–H groups in total. The average Bonchev–Trinajstić information content (AvgIpc) is 2.38. The number of nitrogens with two attached hydrogens (primary N) is 1. The normalized spacial score (nSPS) is 12.4. The SMILES string of the molecule is Cc1ccccc1CCC(N)c1ccncc1F. The van der Waals surface area contributed by atoms with Gasteiger partial charge in [0.1, 0.15) is 5.82 Å². The molecule has 2 aromatic rings. The van der Waals surface area contributed by atoms with E-state index in [9.17, 15) is 4.39 Å². The fourth-order valence-electron chi connectivity index (χ4n) is 2.04. The highest BCUT2D eigenvalue weighted by Crippen LogP contribution is 2.20. The lowest BCUT2D eigenvalue weighted by atomic mass is 9.98. The molecule has 0 aliphatic heterocycles. The Morgan fingerprint density at radius 2 is 2.06 bits per heavy atom. The zero-order valence-electron chi connectivity index (χ0n) is 10.4. The third-order valence-corrected chi connectivity index (χ3v) is 3.19. The van der Waals surface area contributed by atoms with E-state index in [1.807, 2.05) is 12.1 Å². The Hall–Kier alpha value is -1.74. The Kier molecular flexibility index (Phi) is 4.05. The molecule has 1 aromatic heterocycles. The minimum Gasteiger partial charge on any atom is -0.324 e. The molecule has 1 aromatic carbocycles. The zero-order valence-corrected chi connectivity index (χ0v) is 10.4. The van der Waals surface area contributed by atoms with Crippen LogP contribution in [-0.2, 0) is 6.42 Å². The van der Waals surface area contributed by atoms with Crippen LogP contribution in [0, 0.1) is 12.7 Å². The molecule has 0 amide bonds. The van der Waals surface area contributed by atoms with Crippen molar-refractivity contribution in [3.05, 3.63) is 65.2 Å². The average molecular weight is 244 g/mol. The number of aryl methyl sites for hydroxylation is 2. The van der Waals surface area contributed by atoms with Gasteiger partial charge in [0, 0.05) is 17.8 Å². The first kappa shape index (κ1) is 12.7. The van der Waals surface area contributed by atoms with Crippen molar-refractivity contribution in [2.75, 3.05) is 0 Å². The van der Waals surface area contributed by atoms with E-state index in [1.54, 1.807) is 12.3 Å². The summed E-state index contributed by atoms with van der Waals surface area (Å²) in [6.07, 6.45) is 4.37. The number of hydrogen-bond donors (Lipinski definition) is 1. The summed E-state index contributed by atoms with van der Waals surface area (Å²) in [5, 5.41) is 0. The zero-order chi connectivity index (χ0) is 13.0. The first-order valence-corrected chi connectivity index (χ1v) is 6.08. The van der Waals surface area contributed by atoms with Crippen molar-refractivity contribution in [1.82, 2.24) is 4.98 Å². The second-order valence-corrected chi connectivity index (χ2v) is 4.47. The molecule has 3 heteroatoms. The molecule has 0 aliphatic carbocycles. The standard InChI is InChI=1S/C15H17FN2/c1-11-4-2-3-5-12(11)6-7-15(17)13-8-9-18-10-14(13)16/h2-5,8-10,15H,6-7,17H2,1H3. The van der Waals surface area contributed by atoms with Crippen LogP contribution in [0.3, 0.4) is 0 Å². The van der Waals surface area contributed by atoms with Crippen LogP contribution in [-0.4, -0.2) is 4.98 Å². The maximum absolute atomic E-state index is 13.5. The third-order valence-electron chi connectivity index (χ3n) is 3.19. The van der Waals surface area contributed by atoms with Crippen LogP contribution in [0.1, 0.15) is 29.2 Å². The van der Waals surface area contributed by atoms with Crippen LogP contribution in [0.15, 0.2) is 42.7 Å². The van der Waals surface area contributed by atoms with Gasteiger partial charge in [-0.1, -0.05) is 24.3 Å². The molecule has 0 saturated carbocycles. The summed E-state index contributed by atoms with van der Waals surface area (Å²) in [6.45, 7) is 2.08. The van der Waals surface area contributed by atoms with Gasteiger partial charge in [0.25, 0.3) is 0 Å². The Morgan fingerprint density at radius 3 is 2.78 bits per heavy atom. The highest BCUT2D eigenvalue weighted by Gasteiger charge is 2.11. The highest BCUT2D eigenvalue weighted by molar-refractivity contribution is 5.26. The maximum Gasteiger partial charge on any atom is 0.146 e. The van der Waals surface area contributed by atoms with Gasteiger partial charge in [-0.3, -0.25) is 4.98 Å². The van der Waals surface area contributed by atoms with E-state index >= 15 is 0 Å². The van der Waals surface area contributed by atoms with Gasteiger partial charge in [-0.15, -0.1) is 0 Å². The smallest absolute Gasteiger partial charge is 0.146 e. The monoisotopic (exact) mass is 244 g/mol. The predicted molar refractivity (Wildman–Crippen MR) is 70.6 cm³/mol. The first-order valence-electron chi connectivity index (χ1n) is 6.08. The van der Waals surface area contributed by atoms with E-state index in [0.29, 0.717) is 5.56 Å². The topological polar surface area (TPSA) is 38.9 Å². The first-order chi connectivity index (χ1) is 8.68. The van der Waals surface area contributed by atoms with Crippen molar-refractivity contribution in [3.8, 4) is 0 Å². The molecule has 0 radical (unpaired) electrons. The van der Waals surface area contributed by atoms with Gasteiger partial charge >= 0.3 is 0 Å². The lowest BCUT2D eigenvalue weighted by molar-refractivity contribution is 0.558. The van der Waals surface area contributed by atoms with Crippen molar-refractivity contribution in [1.29, 1.82) is 0 Å². The molecule has 1 unspecified atom stereocenters. The highest BCUT2D eigenvalue weighted by atomic mass is 19.1. The summed E-state index contributed by atoms with van der Waals surface area (Å²) in [5.74, 6) is -0.324. The van der Waals surface area contributed by atoms with Gasteiger partial charge in [0.15, 0.2) is 0 Å². The van der Waals surface area contributed by atoms with E-state index in [1.165, 1.54) is 17.3 Å². The van der Waals surface area contributed by atoms with Crippen molar-refractivity contribution < 1.29 is 4.39 Å². The third kappa shape index (κ3) is 2.93. The molecule has 2 rings (SSSR count). The fraction of sp³-hybridized carbons (Fsp3) is 0.267. The van der Waals surface area contributed by atoms with Gasteiger partial charge in [-0.2, -0.15) is 0 Å². The van der Waals surface area contributed by atoms with E-state index in [2.05, 4.69) is 24.0 Å². The summed E-state index contributed by atoms with van der Waals surface area (Å²) in [4.78, 5) is 3.73. The molecular formula is C15H17FN2. The lowest BCUT2D eigenvalue weighted by Crippen LogP contribution is -2.13. The quantitative estimate of drug-likeness (QED) is 0.897. The lowest BCUT2D eigenvalue weighted by Gasteiger charge is -2.13. The number of aromatic nitrogens is 1. The number of nitrogens with zero attached hydrogens (tertiary/aromatic N) is 1. The van der Waals surface area contributed by atoms with Gasteiger partial charge in [0.2, 0.25) is 0 Å². The van der Waals surface area contributed by atoms with E-state index in [-0.39, 0.29) is 11.9 Å². The van der Waals surface area contributed by atoms with Crippen LogP contribution < -0.4 is 5.73 Å². The van der Waals surface area contributed by atoms with Crippen LogP contribution in [0.2, 0.25) is 0 Å². The summed E-state index contributed by atoms with van der Waals surface area (Å²) in [7, 11) is 0. The van der Waals surface area contributed by atoms with Crippen molar-refractivity contribution >= 4 is 0 Å². The second-order valence-electron chi connectivity index (χ2n) is 4.47. The predicted octanol–water partition coefficient (Wildman–Crippen LogP) is 3.16. The molecule has 2 nitrogen and oxygen atoms in total. The van der Waals surface area contributed by atoms with Crippen molar-refractivity contribution in [2.45, 2.75) is 25.8 Å². The molecule has 94 valence electrons.